The van der Waals surface area contributed by atoms with E-state index in [1.165, 1.54) is 24.3 Å². The number of rotatable bonds is 6. The minimum absolute atomic E-state index is 0.0728. The molecule has 0 saturated heterocycles. The Bertz CT molecular complexity index is 969. The maximum Gasteiger partial charge on any atom is 0.269 e. The molecule has 0 aromatic heterocycles. The zero-order valence-electron chi connectivity index (χ0n) is 16.4. The molecule has 0 spiro atoms. The number of amides is 2. The molecule has 3 N–H and O–H groups in total. The van der Waals surface area contributed by atoms with E-state index in [0.29, 0.717) is 12.0 Å². The lowest BCUT2D eigenvalue weighted by Gasteiger charge is -2.12. The second-order valence-corrected chi connectivity index (χ2v) is 8.40. The third-order valence-electron chi connectivity index (χ3n) is 4.31. The van der Waals surface area contributed by atoms with E-state index >= 15 is 0 Å². The summed E-state index contributed by atoms with van der Waals surface area (Å²) in [6.07, 6.45) is 0.667. The average Bonchev–Trinajstić information content (AvgIpc) is 2.65. The molecule has 0 radical (unpaired) electrons. The van der Waals surface area contributed by atoms with Gasteiger partial charge in [-0.1, -0.05) is 24.6 Å². The summed E-state index contributed by atoms with van der Waals surface area (Å²) < 4.78 is 27.0. The van der Waals surface area contributed by atoms with Gasteiger partial charge in [-0.3, -0.25) is 20.4 Å². The molecule has 28 heavy (non-hydrogen) atoms. The fraction of sp³-hybridized carbons (Fsp3) is 0.300. The quantitative estimate of drug-likeness (QED) is 0.645. The number of hydrazine groups is 1. The fourth-order valence-corrected chi connectivity index (χ4v) is 3.85. The molecule has 8 heteroatoms. The van der Waals surface area contributed by atoms with E-state index < -0.39 is 21.8 Å². The van der Waals surface area contributed by atoms with E-state index in [1.807, 2.05) is 32.9 Å². The zero-order valence-corrected chi connectivity index (χ0v) is 17.2. The molecule has 2 rings (SSSR count). The van der Waals surface area contributed by atoms with Crippen molar-refractivity contribution in [2.75, 3.05) is 0 Å². The van der Waals surface area contributed by atoms with Crippen molar-refractivity contribution in [3.05, 3.63) is 64.7 Å². The van der Waals surface area contributed by atoms with Crippen molar-refractivity contribution >= 4 is 21.8 Å². The number of carbonyl (C=O) groups excluding carboxylic acids is 2. The molecule has 0 unspecified atom stereocenters. The van der Waals surface area contributed by atoms with Gasteiger partial charge in [-0.25, -0.2) is 13.1 Å². The number of hydrogen-bond acceptors (Lipinski definition) is 4. The highest BCUT2D eigenvalue weighted by Gasteiger charge is 2.17. The third-order valence-corrected chi connectivity index (χ3v) is 5.92. The molecule has 0 aliphatic rings. The first-order valence-corrected chi connectivity index (χ1v) is 10.4. The summed E-state index contributed by atoms with van der Waals surface area (Å²) >= 11 is 0. The van der Waals surface area contributed by atoms with Gasteiger partial charge in [0.2, 0.25) is 10.0 Å². The van der Waals surface area contributed by atoms with Gasteiger partial charge in [0.1, 0.15) is 0 Å². The molecule has 2 aromatic carbocycles. The fourth-order valence-electron chi connectivity index (χ4n) is 2.52. The first-order valence-electron chi connectivity index (χ1n) is 8.94. The summed E-state index contributed by atoms with van der Waals surface area (Å²) in [6, 6.07) is 10.7. The van der Waals surface area contributed by atoms with Crippen molar-refractivity contribution in [1.29, 1.82) is 0 Å². The molecular formula is C20H25N3O4S. The average molecular weight is 404 g/mol. The van der Waals surface area contributed by atoms with Crippen molar-refractivity contribution < 1.29 is 18.0 Å². The van der Waals surface area contributed by atoms with Crippen LogP contribution < -0.4 is 15.6 Å². The largest absolute Gasteiger partial charge is 0.269 e. The van der Waals surface area contributed by atoms with Crippen molar-refractivity contribution in [2.45, 2.75) is 45.1 Å². The predicted molar refractivity (Wildman–Crippen MR) is 107 cm³/mol. The number of carbonyl (C=O) groups is 2. The van der Waals surface area contributed by atoms with Gasteiger partial charge in [0.25, 0.3) is 11.8 Å². The molecule has 150 valence electrons. The number of aryl methyl sites for hydroxylation is 2. The van der Waals surface area contributed by atoms with Crippen LogP contribution >= 0.6 is 0 Å². The lowest BCUT2D eigenvalue weighted by Crippen LogP contribution is -2.41. The minimum Gasteiger partial charge on any atom is -0.267 e. The van der Waals surface area contributed by atoms with Gasteiger partial charge in [0.05, 0.1) is 4.90 Å². The molecule has 2 aromatic rings. The summed E-state index contributed by atoms with van der Waals surface area (Å²) in [4.78, 5) is 24.5. The van der Waals surface area contributed by atoms with Gasteiger partial charge in [-0.15, -0.1) is 0 Å². The second-order valence-electron chi connectivity index (χ2n) is 6.68. The first kappa shape index (κ1) is 21.6. The van der Waals surface area contributed by atoms with Crippen LogP contribution in [0.5, 0.6) is 0 Å². The lowest BCUT2D eigenvalue weighted by molar-refractivity contribution is 0.0846. The SMILES string of the molecule is CC[C@@H](C)NS(=O)(=O)c1ccc(C(=O)NNC(=O)c2ccc(C)cc2C)cc1. The maximum absolute atomic E-state index is 12.2. The van der Waals surface area contributed by atoms with Crippen molar-refractivity contribution in [3.63, 3.8) is 0 Å². The molecule has 0 heterocycles. The molecule has 1 atom stereocenters. The highest BCUT2D eigenvalue weighted by molar-refractivity contribution is 7.89. The van der Waals surface area contributed by atoms with E-state index in [1.54, 1.807) is 13.0 Å². The Balaban J connectivity index is 2.02. The topological polar surface area (TPSA) is 104 Å². The Hall–Kier alpha value is -2.71. The molecule has 0 fully saturated rings. The van der Waals surface area contributed by atoms with E-state index in [0.717, 1.165) is 11.1 Å². The van der Waals surface area contributed by atoms with Crippen LogP contribution in [0.2, 0.25) is 0 Å². The molecule has 0 aliphatic heterocycles. The summed E-state index contributed by atoms with van der Waals surface area (Å²) in [6.45, 7) is 7.40. The first-order chi connectivity index (χ1) is 13.1. The van der Waals surface area contributed by atoms with Gasteiger partial charge >= 0.3 is 0 Å². The minimum atomic E-state index is -3.64. The summed E-state index contributed by atoms with van der Waals surface area (Å²) in [7, 11) is -3.64. The third kappa shape index (κ3) is 5.40. The highest BCUT2D eigenvalue weighted by Crippen LogP contribution is 2.12. The van der Waals surface area contributed by atoms with Gasteiger partial charge in [-0.2, -0.15) is 0 Å². The van der Waals surface area contributed by atoms with Crippen LogP contribution in [0.3, 0.4) is 0 Å². The molecule has 2 amide bonds. The van der Waals surface area contributed by atoms with E-state index in [4.69, 9.17) is 0 Å². The Labute approximate surface area is 165 Å². The Morgan fingerprint density at radius 1 is 0.964 bits per heavy atom. The van der Waals surface area contributed by atoms with Crippen molar-refractivity contribution in [2.24, 2.45) is 0 Å². The van der Waals surface area contributed by atoms with Crippen LogP contribution in [0.25, 0.3) is 0 Å². The molecule has 0 saturated carbocycles. The number of benzene rings is 2. The molecule has 7 nitrogen and oxygen atoms in total. The smallest absolute Gasteiger partial charge is 0.267 e. The van der Waals surface area contributed by atoms with Crippen LogP contribution in [0.1, 0.15) is 52.1 Å². The number of sulfonamides is 1. The van der Waals surface area contributed by atoms with E-state index in [-0.39, 0.29) is 16.5 Å². The molecule has 0 bridgehead atoms. The van der Waals surface area contributed by atoms with Crippen LogP contribution in [-0.4, -0.2) is 26.3 Å². The second kappa shape index (κ2) is 8.99. The highest BCUT2D eigenvalue weighted by atomic mass is 32.2. The Morgan fingerprint density at radius 2 is 1.57 bits per heavy atom. The lowest BCUT2D eigenvalue weighted by atomic mass is 10.1. The number of nitrogens with one attached hydrogen (secondary N) is 3. The maximum atomic E-state index is 12.2. The van der Waals surface area contributed by atoms with Crippen molar-refractivity contribution in [1.82, 2.24) is 15.6 Å². The monoisotopic (exact) mass is 403 g/mol. The van der Waals surface area contributed by atoms with Gasteiger partial charge in [-0.05, 0) is 63.1 Å². The van der Waals surface area contributed by atoms with Gasteiger partial charge in [0.15, 0.2) is 0 Å². The van der Waals surface area contributed by atoms with E-state index in [2.05, 4.69) is 15.6 Å². The predicted octanol–water partition coefficient (Wildman–Crippen LogP) is 2.46. The van der Waals surface area contributed by atoms with Crippen LogP contribution in [0.15, 0.2) is 47.4 Å². The van der Waals surface area contributed by atoms with Crippen LogP contribution in [0, 0.1) is 13.8 Å². The standard InChI is InChI=1S/C20H25N3O4S/c1-5-15(4)23-28(26,27)17-9-7-16(8-10-17)19(24)21-22-20(25)18-11-6-13(2)12-14(18)3/h6-12,15,23H,5H2,1-4H3,(H,21,24)(H,22,25)/t15-/m1/s1. The van der Waals surface area contributed by atoms with E-state index in [9.17, 15) is 18.0 Å². The molecule has 0 aliphatic carbocycles. The van der Waals surface area contributed by atoms with Gasteiger partial charge < -0.3 is 0 Å². The molecular weight excluding hydrogens is 378 g/mol. The number of hydrogen-bond donors (Lipinski definition) is 3. The summed E-state index contributed by atoms with van der Waals surface area (Å²) in [5.41, 5.74) is 7.23. The summed E-state index contributed by atoms with van der Waals surface area (Å²) in [5.74, 6) is -0.972. The Morgan fingerprint density at radius 3 is 2.14 bits per heavy atom. The van der Waals surface area contributed by atoms with Gasteiger partial charge in [0, 0.05) is 17.2 Å². The zero-order chi connectivity index (χ0) is 20.9. The van der Waals surface area contributed by atoms with Crippen LogP contribution in [-0.2, 0) is 10.0 Å². The Kier molecular flexibility index (Phi) is 6.93. The van der Waals surface area contributed by atoms with Crippen molar-refractivity contribution in [3.8, 4) is 0 Å². The summed E-state index contributed by atoms with van der Waals surface area (Å²) in [5, 5.41) is 0. The normalized spacial score (nSPS) is 12.3. The van der Waals surface area contributed by atoms with Crippen LogP contribution in [0.4, 0.5) is 0 Å².